The normalized spacial score (nSPS) is 10.6. The zero-order valence-electron chi connectivity index (χ0n) is 7.57. The number of hydrogen-bond donors (Lipinski definition) is 0. The van der Waals surface area contributed by atoms with Crippen LogP contribution in [0, 0.1) is 0 Å². The summed E-state index contributed by atoms with van der Waals surface area (Å²) in [5.41, 5.74) is 0.767. The predicted molar refractivity (Wildman–Crippen MR) is 58.8 cm³/mol. The van der Waals surface area contributed by atoms with Crippen molar-refractivity contribution in [2.24, 2.45) is 7.05 Å². The van der Waals surface area contributed by atoms with Crippen LogP contribution in [0.3, 0.4) is 0 Å². The monoisotopic (exact) mass is 261 g/mol. The van der Waals surface area contributed by atoms with Gasteiger partial charge in [0.1, 0.15) is 10.0 Å². The lowest BCUT2D eigenvalue weighted by molar-refractivity contribution is 0.103. The van der Waals surface area contributed by atoms with Crippen LogP contribution in [0.4, 0.5) is 0 Å². The summed E-state index contributed by atoms with van der Waals surface area (Å²) in [6.07, 6.45) is 1.39. The van der Waals surface area contributed by atoms with Crippen molar-refractivity contribution in [3.8, 4) is 0 Å². The van der Waals surface area contributed by atoms with Gasteiger partial charge in [0.2, 0.25) is 5.78 Å². The zero-order chi connectivity index (χ0) is 11.0. The largest absolute Gasteiger partial charge is 0.287 e. The first-order valence-electron chi connectivity index (χ1n) is 3.94. The Balaban J connectivity index is 2.45. The van der Waals surface area contributed by atoms with Gasteiger partial charge < -0.3 is 0 Å². The Morgan fingerprint density at radius 2 is 2.27 bits per heavy atom. The summed E-state index contributed by atoms with van der Waals surface area (Å²) in [6, 6.07) is 1.55. The standard InChI is InChI=1S/C8H5Cl2N3OS/c1-13-5(3-11-12-13)7(14)4-2-6(9)15-8(4)10/h2-3H,1H3. The third-order valence-electron chi connectivity index (χ3n) is 1.85. The topological polar surface area (TPSA) is 47.8 Å². The molecule has 2 aromatic rings. The van der Waals surface area contributed by atoms with Gasteiger partial charge in [-0.2, -0.15) is 0 Å². The van der Waals surface area contributed by atoms with Crippen molar-refractivity contribution in [3.05, 3.63) is 32.2 Å². The molecule has 0 N–H and O–H groups in total. The van der Waals surface area contributed by atoms with Crippen LogP contribution in [0.25, 0.3) is 0 Å². The maximum atomic E-state index is 11.9. The number of carbonyl (C=O) groups excluding carboxylic acids is 1. The molecule has 0 aliphatic carbocycles. The van der Waals surface area contributed by atoms with Crippen molar-refractivity contribution in [1.29, 1.82) is 0 Å². The number of rotatable bonds is 2. The molecule has 0 amide bonds. The van der Waals surface area contributed by atoms with Crippen molar-refractivity contribution in [2.45, 2.75) is 0 Å². The van der Waals surface area contributed by atoms with Crippen LogP contribution in [-0.4, -0.2) is 20.8 Å². The molecule has 0 unspecified atom stereocenters. The van der Waals surface area contributed by atoms with E-state index in [9.17, 15) is 4.79 Å². The highest BCUT2D eigenvalue weighted by molar-refractivity contribution is 7.20. The van der Waals surface area contributed by atoms with Crippen LogP contribution in [0.1, 0.15) is 16.1 Å². The number of ketones is 1. The molecule has 4 nitrogen and oxygen atoms in total. The number of thiophene rings is 1. The molecule has 0 atom stereocenters. The van der Waals surface area contributed by atoms with E-state index in [0.717, 1.165) is 11.3 Å². The zero-order valence-corrected chi connectivity index (χ0v) is 9.90. The van der Waals surface area contributed by atoms with E-state index < -0.39 is 0 Å². The van der Waals surface area contributed by atoms with Gasteiger partial charge in [-0.1, -0.05) is 28.4 Å². The molecule has 2 aromatic heterocycles. The molecular weight excluding hydrogens is 257 g/mol. The smallest absolute Gasteiger partial charge is 0.215 e. The molecule has 2 heterocycles. The van der Waals surface area contributed by atoms with E-state index in [1.165, 1.54) is 10.9 Å². The van der Waals surface area contributed by atoms with Gasteiger partial charge in [0.05, 0.1) is 16.1 Å². The highest BCUT2D eigenvalue weighted by Crippen LogP contribution is 2.32. The number of aromatic nitrogens is 3. The first kappa shape index (κ1) is 10.6. The minimum Gasteiger partial charge on any atom is -0.287 e. The third kappa shape index (κ3) is 1.90. The second-order valence-corrected chi connectivity index (χ2v) is 5.10. The van der Waals surface area contributed by atoms with Gasteiger partial charge in [0, 0.05) is 7.05 Å². The van der Waals surface area contributed by atoms with Gasteiger partial charge in [-0.3, -0.25) is 4.79 Å². The number of aryl methyl sites for hydroxylation is 1. The molecule has 2 rings (SSSR count). The lowest BCUT2D eigenvalue weighted by Crippen LogP contribution is -2.07. The molecule has 78 valence electrons. The van der Waals surface area contributed by atoms with Crippen LogP contribution in [0.5, 0.6) is 0 Å². The van der Waals surface area contributed by atoms with Gasteiger partial charge in [0.25, 0.3) is 0 Å². The maximum Gasteiger partial charge on any atom is 0.215 e. The Morgan fingerprint density at radius 3 is 2.73 bits per heavy atom. The van der Waals surface area contributed by atoms with Gasteiger partial charge >= 0.3 is 0 Å². The van der Waals surface area contributed by atoms with E-state index in [1.54, 1.807) is 13.1 Å². The fourth-order valence-electron chi connectivity index (χ4n) is 1.13. The summed E-state index contributed by atoms with van der Waals surface area (Å²) < 4.78 is 2.26. The number of nitrogens with zero attached hydrogens (tertiary/aromatic N) is 3. The summed E-state index contributed by atoms with van der Waals surface area (Å²) >= 11 is 12.8. The molecule has 0 aliphatic heterocycles. The first-order chi connectivity index (χ1) is 7.09. The molecular formula is C8H5Cl2N3OS. The molecule has 0 saturated heterocycles. The van der Waals surface area contributed by atoms with E-state index >= 15 is 0 Å². The number of hydrogen-bond acceptors (Lipinski definition) is 4. The quantitative estimate of drug-likeness (QED) is 0.781. The molecule has 15 heavy (non-hydrogen) atoms. The molecule has 0 radical (unpaired) electrons. The van der Waals surface area contributed by atoms with Crippen LogP contribution in [0.15, 0.2) is 12.3 Å². The Bertz CT molecular complexity index is 520. The van der Waals surface area contributed by atoms with E-state index in [1.807, 2.05) is 0 Å². The van der Waals surface area contributed by atoms with Crippen LogP contribution >= 0.6 is 34.5 Å². The lowest BCUT2D eigenvalue weighted by atomic mass is 10.2. The number of halogens is 2. The minimum atomic E-state index is -0.226. The summed E-state index contributed by atoms with van der Waals surface area (Å²) in [6.45, 7) is 0. The molecule has 0 aromatic carbocycles. The van der Waals surface area contributed by atoms with Crippen molar-refractivity contribution < 1.29 is 4.79 Å². The van der Waals surface area contributed by atoms with Gasteiger partial charge in [-0.25, -0.2) is 4.68 Å². The van der Waals surface area contributed by atoms with Gasteiger partial charge in [-0.05, 0) is 6.07 Å². The summed E-state index contributed by atoms with van der Waals surface area (Å²) in [7, 11) is 1.64. The average Bonchev–Trinajstić information content (AvgIpc) is 2.71. The van der Waals surface area contributed by atoms with Gasteiger partial charge in [0.15, 0.2) is 0 Å². The van der Waals surface area contributed by atoms with Crippen molar-refractivity contribution in [2.75, 3.05) is 0 Å². The minimum absolute atomic E-state index is 0.226. The molecule has 0 aliphatic rings. The Morgan fingerprint density at radius 1 is 1.53 bits per heavy atom. The van der Waals surface area contributed by atoms with Crippen LogP contribution in [0.2, 0.25) is 8.67 Å². The lowest BCUT2D eigenvalue weighted by Gasteiger charge is -1.97. The summed E-state index contributed by atoms with van der Waals surface area (Å²) in [5.74, 6) is -0.226. The Labute approximate surface area is 99.4 Å². The first-order valence-corrected chi connectivity index (χ1v) is 5.51. The molecule has 0 fully saturated rings. The van der Waals surface area contributed by atoms with Crippen LogP contribution < -0.4 is 0 Å². The van der Waals surface area contributed by atoms with Crippen molar-refractivity contribution >= 4 is 40.3 Å². The van der Waals surface area contributed by atoms with E-state index in [-0.39, 0.29) is 5.78 Å². The third-order valence-corrected chi connectivity index (χ3v) is 3.34. The van der Waals surface area contributed by atoms with E-state index in [0.29, 0.717) is 19.9 Å². The van der Waals surface area contributed by atoms with Gasteiger partial charge in [-0.15, -0.1) is 16.4 Å². The van der Waals surface area contributed by atoms with Crippen molar-refractivity contribution in [1.82, 2.24) is 15.0 Å². The predicted octanol–water partition coefficient (Wildman–Crippen LogP) is 2.41. The molecule has 0 spiro atoms. The Kier molecular flexibility index (Phi) is 2.77. The van der Waals surface area contributed by atoms with Crippen molar-refractivity contribution in [3.63, 3.8) is 0 Å². The van der Waals surface area contributed by atoms with Crippen LogP contribution in [-0.2, 0) is 7.05 Å². The second-order valence-electron chi connectivity index (χ2n) is 2.81. The van der Waals surface area contributed by atoms with E-state index in [4.69, 9.17) is 23.2 Å². The average molecular weight is 262 g/mol. The summed E-state index contributed by atoms with van der Waals surface area (Å²) in [5, 5.41) is 7.30. The molecule has 0 saturated carbocycles. The SMILES string of the molecule is Cn1nncc1C(=O)c1cc(Cl)sc1Cl. The Hall–Kier alpha value is -0.910. The fraction of sp³-hybridized carbons (Fsp3) is 0.125. The molecule has 7 heteroatoms. The highest BCUT2D eigenvalue weighted by atomic mass is 35.5. The number of carbonyl (C=O) groups is 1. The second kappa shape index (κ2) is 3.92. The van der Waals surface area contributed by atoms with E-state index in [2.05, 4.69) is 10.3 Å². The highest BCUT2D eigenvalue weighted by Gasteiger charge is 2.19. The summed E-state index contributed by atoms with van der Waals surface area (Å²) in [4.78, 5) is 11.9. The maximum absolute atomic E-state index is 11.9. The molecule has 0 bridgehead atoms. The fourth-order valence-corrected chi connectivity index (χ4v) is 2.59.